The van der Waals surface area contributed by atoms with Crippen molar-refractivity contribution in [2.45, 2.75) is 52.6 Å². The molecule has 6 nitrogen and oxygen atoms in total. The molecule has 0 aromatic heterocycles. The number of phenols is 1. The zero-order valence-corrected chi connectivity index (χ0v) is 18.4. The lowest BCUT2D eigenvalue weighted by atomic mass is 9.55. The van der Waals surface area contributed by atoms with Crippen molar-refractivity contribution in [3.63, 3.8) is 0 Å². The Morgan fingerprint density at radius 1 is 1.23 bits per heavy atom. The summed E-state index contributed by atoms with van der Waals surface area (Å²) in [5, 5.41) is 20.4. The van der Waals surface area contributed by atoms with Crippen molar-refractivity contribution in [3.05, 3.63) is 29.3 Å². The van der Waals surface area contributed by atoms with E-state index in [-0.39, 0.29) is 58.6 Å². The number of aliphatic hydroxyl groups excluding tert-OH is 1. The third-order valence-corrected chi connectivity index (χ3v) is 7.34. The summed E-state index contributed by atoms with van der Waals surface area (Å²) in [6.45, 7) is 5.90. The number of carbonyl (C=O) groups is 2. The van der Waals surface area contributed by atoms with E-state index in [1.54, 1.807) is 19.1 Å². The fraction of sp³-hybridized carbons (Fsp3) is 0.583. The molecule has 1 fully saturated rings. The van der Waals surface area contributed by atoms with Crippen LogP contribution in [0.15, 0.2) is 23.8 Å². The first-order valence-electron chi connectivity index (χ1n) is 10.5. The molecule has 0 spiro atoms. The van der Waals surface area contributed by atoms with Gasteiger partial charge in [0, 0.05) is 24.3 Å². The molecule has 1 saturated carbocycles. The summed E-state index contributed by atoms with van der Waals surface area (Å²) >= 11 is 0. The van der Waals surface area contributed by atoms with E-state index in [4.69, 9.17) is 9.47 Å². The highest BCUT2D eigenvalue weighted by Gasteiger charge is 2.48. The van der Waals surface area contributed by atoms with E-state index >= 15 is 0 Å². The summed E-state index contributed by atoms with van der Waals surface area (Å²) in [5.74, 6) is -0.00703. The number of ether oxygens (including phenoxy) is 2. The van der Waals surface area contributed by atoms with Crippen LogP contribution in [0.2, 0.25) is 0 Å². The van der Waals surface area contributed by atoms with E-state index < -0.39 is 5.92 Å². The number of hydrogen-bond acceptors (Lipinski definition) is 6. The standard InChI is InChI=1S/C24H32O6/c1-13(19(26)8-15-9-21(29-4)23(28)22(10-15)30-5)17-12-24(3)14(2)18(25)7-6-16(24)11-20(17)27/h9-10,12-14,16,18,25,28H,6-8,11H2,1-5H3. The Labute approximate surface area is 177 Å². The van der Waals surface area contributed by atoms with Gasteiger partial charge < -0.3 is 19.7 Å². The Morgan fingerprint density at radius 2 is 1.83 bits per heavy atom. The molecule has 1 aromatic carbocycles. The topological polar surface area (TPSA) is 93.1 Å². The van der Waals surface area contributed by atoms with Gasteiger partial charge in [-0.25, -0.2) is 0 Å². The van der Waals surface area contributed by atoms with Crippen LogP contribution in [-0.4, -0.2) is 42.1 Å². The molecular weight excluding hydrogens is 384 g/mol. The van der Waals surface area contributed by atoms with Crippen LogP contribution >= 0.6 is 0 Å². The second-order valence-electron chi connectivity index (χ2n) is 8.94. The quantitative estimate of drug-likeness (QED) is 0.738. The second-order valence-corrected chi connectivity index (χ2v) is 8.94. The number of ketones is 2. The highest BCUT2D eigenvalue weighted by atomic mass is 16.5. The molecule has 5 atom stereocenters. The lowest BCUT2D eigenvalue weighted by Crippen LogP contribution is -2.47. The van der Waals surface area contributed by atoms with E-state index in [1.807, 2.05) is 13.0 Å². The predicted molar refractivity (Wildman–Crippen MR) is 113 cm³/mol. The molecule has 2 aliphatic rings. The zero-order chi connectivity index (χ0) is 22.2. The number of aliphatic hydroxyl groups is 1. The van der Waals surface area contributed by atoms with Crippen molar-refractivity contribution in [2.75, 3.05) is 14.2 Å². The average molecular weight is 417 g/mol. The van der Waals surface area contributed by atoms with Gasteiger partial charge in [0.25, 0.3) is 0 Å². The van der Waals surface area contributed by atoms with Gasteiger partial charge >= 0.3 is 0 Å². The van der Waals surface area contributed by atoms with Crippen molar-refractivity contribution in [1.82, 2.24) is 0 Å². The van der Waals surface area contributed by atoms with Crippen LogP contribution in [0.1, 0.15) is 45.6 Å². The predicted octanol–water partition coefficient (Wildman–Crippen LogP) is 3.47. The summed E-state index contributed by atoms with van der Waals surface area (Å²) in [5.41, 5.74) is 0.908. The average Bonchev–Trinajstić information content (AvgIpc) is 2.72. The van der Waals surface area contributed by atoms with Crippen LogP contribution in [-0.2, 0) is 16.0 Å². The van der Waals surface area contributed by atoms with Crippen molar-refractivity contribution >= 4 is 11.6 Å². The minimum absolute atomic E-state index is 0.0304. The summed E-state index contributed by atoms with van der Waals surface area (Å²) in [6.07, 6.45) is 3.65. The van der Waals surface area contributed by atoms with Gasteiger partial charge in [-0.3, -0.25) is 9.59 Å². The van der Waals surface area contributed by atoms with Crippen LogP contribution in [0.5, 0.6) is 17.2 Å². The summed E-state index contributed by atoms with van der Waals surface area (Å²) < 4.78 is 10.3. The molecular formula is C24H32O6. The Morgan fingerprint density at radius 3 is 2.40 bits per heavy atom. The van der Waals surface area contributed by atoms with Crippen LogP contribution < -0.4 is 9.47 Å². The molecule has 0 bridgehead atoms. The van der Waals surface area contributed by atoms with E-state index in [2.05, 4.69) is 6.92 Å². The van der Waals surface area contributed by atoms with Gasteiger partial charge in [0.2, 0.25) is 5.75 Å². The summed E-state index contributed by atoms with van der Waals surface area (Å²) in [7, 11) is 2.87. The number of aromatic hydroxyl groups is 1. The Hall–Kier alpha value is -2.34. The van der Waals surface area contributed by atoms with E-state index in [0.717, 1.165) is 12.8 Å². The number of phenolic OH excluding ortho intramolecular Hbond substituents is 1. The number of carbonyl (C=O) groups excluding carboxylic acids is 2. The lowest BCUT2D eigenvalue weighted by Gasteiger charge is -2.49. The molecule has 0 saturated heterocycles. The molecule has 0 aliphatic heterocycles. The number of methoxy groups -OCH3 is 2. The fourth-order valence-electron chi connectivity index (χ4n) is 4.99. The van der Waals surface area contributed by atoms with E-state index in [9.17, 15) is 19.8 Å². The van der Waals surface area contributed by atoms with Crippen LogP contribution in [0.4, 0.5) is 0 Å². The first-order chi connectivity index (χ1) is 14.1. The lowest BCUT2D eigenvalue weighted by molar-refractivity contribution is -0.126. The number of benzene rings is 1. The molecule has 164 valence electrons. The number of hydrogen-bond donors (Lipinski definition) is 2. The second kappa shape index (κ2) is 8.42. The third kappa shape index (κ3) is 3.85. The number of allylic oxidation sites excluding steroid dienone is 2. The van der Waals surface area contributed by atoms with Crippen molar-refractivity contribution in [1.29, 1.82) is 0 Å². The molecule has 2 aliphatic carbocycles. The first-order valence-corrected chi connectivity index (χ1v) is 10.5. The van der Waals surface area contributed by atoms with Gasteiger partial charge in [0.15, 0.2) is 17.3 Å². The number of Topliss-reactive ketones (excluding diaryl/α,β-unsaturated/α-hetero) is 2. The molecule has 0 amide bonds. The SMILES string of the molecule is COc1cc(CC(=O)C(C)C2=CC3(C)C(CCC(O)C3C)CC2=O)cc(OC)c1O. The molecule has 0 heterocycles. The highest BCUT2D eigenvalue weighted by Crippen LogP contribution is 2.51. The Balaban J connectivity index is 1.86. The number of fused-ring (bicyclic) bond motifs is 1. The number of rotatable bonds is 6. The smallest absolute Gasteiger partial charge is 0.200 e. The van der Waals surface area contributed by atoms with Gasteiger partial charge in [-0.05, 0) is 47.8 Å². The van der Waals surface area contributed by atoms with Crippen molar-refractivity contribution in [3.8, 4) is 17.2 Å². The van der Waals surface area contributed by atoms with E-state index in [0.29, 0.717) is 17.6 Å². The van der Waals surface area contributed by atoms with Crippen molar-refractivity contribution < 1.29 is 29.3 Å². The monoisotopic (exact) mass is 416 g/mol. The molecule has 30 heavy (non-hydrogen) atoms. The molecule has 3 rings (SSSR count). The van der Waals surface area contributed by atoms with Gasteiger partial charge in [0.05, 0.1) is 20.3 Å². The molecule has 6 heteroatoms. The van der Waals surface area contributed by atoms with Crippen molar-refractivity contribution in [2.24, 2.45) is 23.2 Å². The van der Waals surface area contributed by atoms with Gasteiger partial charge in [0.1, 0.15) is 5.78 Å². The molecule has 5 unspecified atom stereocenters. The summed E-state index contributed by atoms with van der Waals surface area (Å²) in [6, 6.07) is 3.22. The van der Waals surface area contributed by atoms with E-state index in [1.165, 1.54) is 14.2 Å². The minimum Gasteiger partial charge on any atom is -0.502 e. The largest absolute Gasteiger partial charge is 0.502 e. The summed E-state index contributed by atoms with van der Waals surface area (Å²) in [4.78, 5) is 25.9. The fourth-order valence-corrected chi connectivity index (χ4v) is 4.99. The zero-order valence-electron chi connectivity index (χ0n) is 18.4. The van der Waals surface area contributed by atoms with Crippen LogP contribution in [0, 0.1) is 23.2 Å². The van der Waals surface area contributed by atoms with Crippen LogP contribution in [0.3, 0.4) is 0 Å². The Bertz CT molecular complexity index is 847. The first kappa shape index (κ1) is 22.3. The van der Waals surface area contributed by atoms with Gasteiger partial charge in [-0.2, -0.15) is 0 Å². The van der Waals surface area contributed by atoms with Gasteiger partial charge in [-0.15, -0.1) is 0 Å². The highest BCUT2D eigenvalue weighted by molar-refractivity contribution is 6.03. The van der Waals surface area contributed by atoms with Crippen LogP contribution in [0.25, 0.3) is 0 Å². The molecule has 2 N–H and O–H groups in total. The maximum atomic E-state index is 13.1. The Kier molecular flexibility index (Phi) is 6.27. The maximum Gasteiger partial charge on any atom is 0.200 e. The molecule has 1 aromatic rings. The molecule has 0 radical (unpaired) electrons. The van der Waals surface area contributed by atoms with Gasteiger partial charge in [-0.1, -0.05) is 26.8 Å². The minimum atomic E-state index is -0.549. The third-order valence-electron chi connectivity index (χ3n) is 7.34. The normalized spacial score (nSPS) is 29.6. The maximum absolute atomic E-state index is 13.1.